The summed E-state index contributed by atoms with van der Waals surface area (Å²) in [6, 6.07) is 0. The molecule has 83 heavy (non-hydrogen) atoms. The number of rotatable bonds is 61. The first-order valence-corrected chi connectivity index (χ1v) is 35.2. The maximum atomic E-state index is 12.9. The van der Waals surface area contributed by atoms with Gasteiger partial charge in [-0.25, -0.2) is 9.13 Å². The van der Waals surface area contributed by atoms with E-state index >= 15 is 0 Å². The second-order valence-electron chi connectivity index (χ2n) is 21.5. The highest BCUT2D eigenvalue weighted by Crippen LogP contribution is 2.45. The van der Waals surface area contributed by atoms with Crippen molar-refractivity contribution in [2.45, 2.75) is 283 Å². The fourth-order valence-electron chi connectivity index (χ4n) is 8.48. The molecule has 0 saturated carbocycles. The maximum absolute atomic E-state index is 12.9. The third-order valence-corrected chi connectivity index (χ3v) is 15.3. The summed E-state index contributed by atoms with van der Waals surface area (Å²) in [7, 11) is -9.77. The molecule has 4 N–H and O–H groups in total. The van der Waals surface area contributed by atoms with Crippen molar-refractivity contribution < 1.29 is 75.8 Å². The predicted molar refractivity (Wildman–Crippen MR) is 335 cm³/mol. The van der Waals surface area contributed by atoms with E-state index in [4.69, 9.17) is 32.3 Å². The lowest BCUT2D eigenvalue weighted by atomic mass is 10.0. The number of carbonyl (C=O) groups is 3. The van der Waals surface area contributed by atoms with Gasteiger partial charge in [0, 0.05) is 19.3 Å². The van der Waals surface area contributed by atoms with Crippen LogP contribution in [-0.4, -0.2) is 95.9 Å². The first kappa shape index (κ1) is 80.0. The van der Waals surface area contributed by atoms with Crippen LogP contribution < -0.4 is 0 Å². The van der Waals surface area contributed by atoms with Gasteiger partial charge in [0.2, 0.25) is 0 Å². The molecule has 0 aromatic rings. The number of aliphatic hydroxyl groups excluding tert-OH is 2. The van der Waals surface area contributed by atoms with Crippen molar-refractivity contribution >= 4 is 33.6 Å². The van der Waals surface area contributed by atoms with Gasteiger partial charge < -0.3 is 34.2 Å². The van der Waals surface area contributed by atoms with Crippen LogP contribution in [0.5, 0.6) is 0 Å². The SMILES string of the molecule is CC/C=C\C/C=C\C/C=C\C/C=C\CCCCCCCCC(=O)OCC(O)COP(=O)(O)OCC(O)COP(=O)(O)OCC(COC(=O)CCCCCCCCCCCCCCCCC)OC(=O)CCCCCCC/C=C\C/C=C\CCC. The molecule has 0 aromatic carbocycles. The van der Waals surface area contributed by atoms with Crippen molar-refractivity contribution in [1.82, 2.24) is 0 Å². The molecule has 0 amide bonds. The fourth-order valence-corrected chi connectivity index (χ4v) is 10.1. The van der Waals surface area contributed by atoms with Crippen LogP contribution in [-0.2, 0) is 55.8 Å². The van der Waals surface area contributed by atoms with Crippen LogP contribution in [0.4, 0.5) is 0 Å². The predicted octanol–water partition coefficient (Wildman–Crippen LogP) is 17.2. The smallest absolute Gasteiger partial charge is 0.463 e. The Morgan fingerprint density at radius 3 is 1.06 bits per heavy atom. The monoisotopic (exact) mass is 1210 g/mol. The second kappa shape index (κ2) is 59.3. The lowest BCUT2D eigenvalue weighted by molar-refractivity contribution is -0.161. The van der Waals surface area contributed by atoms with E-state index < -0.39 is 91.5 Å². The maximum Gasteiger partial charge on any atom is 0.472 e. The number of phosphoric ester groups is 2. The van der Waals surface area contributed by atoms with Gasteiger partial charge in [-0.15, -0.1) is 0 Å². The summed E-state index contributed by atoms with van der Waals surface area (Å²) in [5, 5.41) is 20.5. The molecule has 0 aliphatic carbocycles. The van der Waals surface area contributed by atoms with Crippen LogP contribution in [0.3, 0.4) is 0 Å². The first-order valence-electron chi connectivity index (χ1n) is 32.2. The Bertz CT molecular complexity index is 1820. The minimum absolute atomic E-state index is 0.0910. The summed E-state index contributed by atoms with van der Waals surface area (Å²) >= 11 is 0. The normalized spacial score (nSPS) is 14.8. The highest BCUT2D eigenvalue weighted by Gasteiger charge is 2.29. The molecule has 18 heteroatoms. The van der Waals surface area contributed by atoms with Crippen LogP contribution in [0, 0.1) is 0 Å². The Kier molecular flexibility index (Phi) is 57.2. The molecule has 16 nitrogen and oxygen atoms in total. The first-order chi connectivity index (χ1) is 40.2. The second-order valence-corrected chi connectivity index (χ2v) is 24.4. The molecule has 5 atom stereocenters. The number of aliphatic hydroxyl groups is 2. The molecule has 0 saturated heterocycles. The Labute approximate surface area is 503 Å². The minimum atomic E-state index is -4.92. The van der Waals surface area contributed by atoms with Crippen molar-refractivity contribution in [3.8, 4) is 0 Å². The number of phosphoric acid groups is 2. The molecule has 0 spiro atoms. The van der Waals surface area contributed by atoms with E-state index in [0.29, 0.717) is 19.3 Å². The molecular weight excluding hydrogens is 1100 g/mol. The van der Waals surface area contributed by atoms with Crippen molar-refractivity contribution in [3.05, 3.63) is 72.9 Å². The Morgan fingerprint density at radius 2 is 0.663 bits per heavy atom. The topological polar surface area (TPSA) is 231 Å². The molecule has 0 aliphatic rings. The van der Waals surface area contributed by atoms with E-state index in [1.807, 2.05) is 0 Å². The summed E-state index contributed by atoms with van der Waals surface area (Å²) in [4.78, 5) is 58.2. The number of carbonyl (C=O) groups excluding carboxylic acids is 3. The Hall–Kier alpha value is -3.01. The van der Waals surface area contributed by atoms with E-state index in [1.165, 1.54) is 70.6 Å². The molecule has 0 fully saturated rings. The standard InChI is InChI=1S/C65H116O16P2/c1-4-7-10-13-16-19-22-25-27-28-29-30-32-35-36-39-42-45-48-51-63(68)75-54-60(66)55-77-82(71,72)78-56-61(67)57-79-83(73,74)80-59-62(81-65(70)53-50-47-44-41-38-33-24-21-18-15-12-9-6-3)58-76-64(69)52-49-46-43-40-37-34-31-26-23-20-17-14-11-8-5-2/h7,10,12,15-16,19,21,24-25,27,29-30,60-62,66-67H,4-6,8-9,11,13-14,17-18,20,22-23,26,28,31-59H2,1-3H3,(H,71,72)(H,73,74)/b10-7-,15-12-,19-16-,24-21-,27-25-,30-29-. The van der Waals surface area contributed by atoms with E-state index in [-0.39, 0.29) is 19.3 Å². The average Bonchev–Trinajstić information content (AvgIpc) is 3.46. The van der Waals surface area contributed by atoms with Gasteiger partial charge in [0.15, 0.2) is 6.10 Å². The lowest BCUT2D eigenvalue weighted by Gasteiger charge is -2.21. The molecule has 5 unspecified atom stereocenters. The summed E-state index contributed by atoms with van der Waals surface area (Å²) in [5.74, 6) is -1.60. The van der Waals surface area contributed by atoms with Crippen molar-refractivity contribution in [3.63, 3.8) is 0 Å². The van der Waals surface area contributed by atoms with Gasteiger partial charge in [-0.3, -0.25) is 32.5 Å². The summed E-state index contributed by atoms with van der Waals surface area (Å²) < 4.78 is 60.7. The van der Waals surface area contributed by atoms with Crippen LogP contribution >= 0.6 is 15.6 Å². The molecule has 0 aliphatic heterocycles. The number of hydrogen-bond acceptors (Lipinski definition) is 14. The minimum Gasteiger partial charge on any atom is -0.463 e. The molecule has 0 aromatic heterocycles. The zero-order valence-electron chi connectivity index (χ0n) is 51.9. The third-order valence-electron chi connectivity index (χ3n) is 13.4. The Balaban J connectivity index is 4.64. The van der Waals surface area contributed by atoms with Crippen LogP contribution in [0.15, 0.2) is 72.9 Å². The number of allylic oxidation sites excluding steroid dienone is 12. The number of unbranched alkanes of at least 4 members (excludes halogenated alkanes) is 26. The van der Waals surface area contributed by atoms with Gasteiger partial charge in [-0.05, 0) is 83.5 Å². The average molecular weight is 1220 g/mol. The van der Waals surface area contributed by atoms with Gasteiger partial charge in [0.25, 0.3) is 0 Å². The third kappa shape index (κ3) is 60.5. The summed E-state index contributed by atoms with van der Waals surface area (Å²) in [5.41, 5.74) is 0. The largest absolute Gasteiger partial charge is 0.472 e. The van der Waals surface area contributed by atoms with Gasteiger partial charge in [-0.2, -0.15) is 0 Å². The number of esters is 3. The van der Waals surface area contributed by atoms with Crippen molar-refractivity contribution in [1.29, 1.82) is 0 Å². The molecule has 0 heterocycles. The van der Waals surface area contributed by atoms with Crippen LogP contribution in [0.2, 0.25) is 0 Å². The van der Waals surface area contributed by atoms with E-state index in [1.54, 1.807) is 0 Å². The van der Waals surface area contributed by atoms with E-state index in [0.717, 1.165) is 135 Å². The van der Waals surface area contributed by atoms with Crippen molar-refractivity contribution in [2.24, 2.45) is 0 Å². The molecule has 0 bridgehead atoms. The summed E-state index contributed by atoms with van der Waals surface area (Å²) in [6.07, 6.45) is 59.6. The molecule has 0 rings (SSSR count). The molecule has 0 radical (unpaired) electrons. The highest BCUT2D eigenvalue weighted by molar-refractivity contribution is 7.47. The van der Waals surface area contributed by atoms with Crippen molar-refractivity contribution in [2.75, 3.05) is 39.6 Å². The fraction of sp³-hybridized carbons (Fsp3) is 0.769. The molecular formula is C65H116O16P2. The van der Waals surface area contributed by atoms with Crippen LogP contribution in [0.1, 0.15) is 265 Å². The lowest BCUT2D eigenvalue weighted by Crippen LogP contribution is -2.30. The Morgan fingerprint density at radius 1 is 0.349 bits per heavy atom. The van der Waals surface area contributed by atoms with Gasteiger partial charge in [0.1, 0.15) is 25.4 Å². The molecule has 482 valence electrons. The zero-order valence-corrected chi connectivity index (χ0v) is 53.6. The van der Waals surface area contributed by atoms with E-state index in [9.17, 15) is 43.5 Å². The zero-order chi connectivity index (χ0) is 61.0. The van der Waals surface area contributed by atoms with Crippen LogP contribution in [0.25, 0.3) is 0 Å². The van der Waals surface area contributed by atoms with Gasteiger partial charge >= 0.3 is 33.6 Å². The number of ether oxygens (including phenoxy) is 3. The number of hydrogen-bond donors (Lipinski definition) is 4. The quantitative estimate of drug-likeness (QED) is 0.0146. The van der Waals surface area contributed by atoms with Gasteiger partial charge in [-0.1, -0.05) is 235 Å². The van der Waals surface area contributed by atoms with Gasteiger partial charge in [0.05, 0.1) is 26.4 Å². The summed E-state index contributed by atoms with van der Waals surface area (Å²) in [6.45, 7) is 2.47. The van der Waals surface area contributed by atoms with E-state index in [2.05, 4.69) is 93.7 Å². The highest BCUT2D eigenvalue weighted by atomic mass is 31.2.